The Morgan fingerprint density at radius 3 is 2.11 bits per heavy atom. The maximum atomic E-state index is 10.0. The highest BCUT2D eigenvalue weighted by Crippen LogP contribution is 2.44. The first-order valence-electron chi connectivity index (χ1n) is 6.61. The summed E-state index contributed by atoms with van der Waals surface area (Å²) in [6, 6.07) is 21.0. The fourth-order valence-electron chi connectivity index (χ4n) is 2.93. The summed E-state index contributed by atoms with van der Waals surface area (Å²) in [6.07, 6.45) is 1.73. The first-order valence-corrected chi connectivity index (χ1v) is 6.61. The lowest BCUT2D eigenvalue weighted by Gasteiger charge is -2.42. The molecule has 0 aliphatic heterocycles. The summed E-state index contributed by atoms with van der Waals surface area (Å²) in [7, 11) is 0. The minimum Gasteiger partial charge on any atom is -0.393 e. The molecule has 1 N–H and O–H groups in total. The van der Waals surface area contributed by atoms with Crippen molar-refractivity contribution in [1.29, 1.82) is 0 Å². The van der Waals surface area contributed by atoms with Gasteiger partial charge in [0.15, 0.2) is 0 Å². The molecule has 1 heteroatoms. The van der Waals surface area contributed by atoms with Crippen molar-refractivity contribution in [2.75, 3.05) is 0 Å². The zero-order valence-corrected chi connectivity index (χ0v) is 10.4. The van der Waals surface area contributed by atoms with Crippen LogP contribution in [0.1, 0.15) is 23.5 Å². The molecule has 1 saturated carbocycles. The molecular formula is C17H18O. The molecule has 0 spiro atoms. The fraction of sp³-hybridized carbons (Fsp3) is 0.294. The van der Waals surface area contributed by atoms with Gasteiger partial charge in [-0.05, 0) is 35.8 Å². The standard InChI is InChI=1S/C17H18O/c18-17-12-15(14-9-5-2-6-10-14)16(17)11-13-7-3-1-4-8-13/h1-10,15-18H,11-12H2. The van der Waals surface area contributed by atoms with Gasteiger partial charge in [0, 0.05) is 0 Å². The summed E-state index contributed by atoms with van der Waals surface area (Å²) in [6.45, 7) is 0. The van der Waals surface area contributed by atoms with E-state index in [1.807, 2.05) is 12.1 Å². The molecule has 1 fully saturated rings. The van der Waals surface area contributed by atoms with E-state index in [9.17, 15) is 5.11 Å². The Bertz CT molecular complexity index is 492. The van der Waals surface area contributed by atoms with Crippen LogP contribution in [-0.2, 0) is 6.42 Å². The highest BCUT2D eigenvalue weighted by atomic mass is 16.3. The van der Waals surface area contributed by atoms with E-state index in [4.69, 9.17) is 0 Å². The fourth-order valence-corrected chi connectivity index (χ4v) is 2.93. The third-order valence-electron chi connectivity index (χ3n) is 4.05. The minimum absolute atomic E-state index is 0.143. The van der Waals surface area contributed by atoms with Crippen molar-refractivity contribution in [1.82, 2.24) is 0 Å². The summed E-state index contributed by atoms with van der Waals surface area (Å²) in [5, 5.41) is 10.0. The Balaban J connectivity index is 1.75. The van der Waals surface area contributed by atoms with Gasteiger partial charge in [-0.1, -0.05) is 60.7 Å². The molecule has 1 nitrogen and oxygen atoms in total. The quantitative estimate of drug-likeness (QED) is 0.869. The molecule has 3 atom stereocenters. The van der Waals surface area contributed by atoms with Crippen LogP contribution in [0.2, 0.25) is 0 Å². The number of benzene rings is 2. The third kappa shape index (κ3) is 2.19. The van der Waals surface area contributed by atoms with Crippen molar-refractivity contribution in [3.8, 4) is 0 Å². The van der Waals surface area contributed by atoms with Crippen LogP contribution in [0.5, 0.6) is 0 Å². The molecule has 0 radical (unpaired) electrons. The lowest BCUT2D eigenvalue weighted by atomic mass is 9.65. The molecular weight excluding hydrogens is 220 g/mol. The van der Waals surface area contributed by atoms with Crippen LogP contribution in [0.3, 0.4) is 0 Å². The maximum absolute atomic E-state index is 10.0. The predicted octanol–water partition coefficient (Wildman–Crippen LogP) is 3.39. The average Bonchev–Trinajstić information content (AvgIpc) is 2.44. The van der Waals surface area contributed by atoms with Crippen LogP contribution in [0.25, 0.3) is 0 Å². The monoisotopic (exact) mass is 238 g/mol. The Kier molecular flexibility index (Phi) is 3.16. The number of aliphatic hydroxyl groups excluding tert-OH is 1. The van der Waals surface area contributed by atoms with E-state index in [0.29, 0.717) is 11.8 Å². The van der Waals surface area contributed by atoms with E-state index in [2.05, 4.69) is 48.5 Å². The van der Waals surface area contributed by atoms with Gasteiger partial charge in [0.25, 0.3) is 0 Å². The zero-order chi connectivity index (χ0) is 12.4. The van der Waals surface area contributed by atoms with E-state index in [-0.39, 0.29) is 6.10 Å². The lowest BCUT2D eigenvalue weighted by molar-refractivity contribution is 0.00145. The second-order valence-electron chi connectivity index (χ2n) is 5.17. The van der Waals surface area contributed by atoms with Crippen LogP contribution in [-0.4, -0.2) is 11.2 Å². The van der Waals surface area contributed by atoms with Gasteiger partial charge >= 0.3 is 0 Å². The van der Waals surface area contributed by atoms with Crippen LogP contribution >= 0.6 is 0 Å². The lowest BCUT2D eigenvalue weighted by Crippen LogP contribution is -2.40. The van der Waals surface area contributed by atoms with Crippen LogP contribution in [0, 0.1) is 5.92 Å². The molecule has 3 unspecified atom stereocenters. The number of aliphatic hydroxyl groups is 1. The van der Waals surface area contributed by atoms with E-state index in [1.54, 1.807) is 0 Å². The highest BCUT2D eigenvalue weighted by molar-refractivity contribution is 5.26. The summed E-state index contributed by atoms with van der Waals surface area (Å²) < 4.78 is 0. The van der Waals surface area contributed by atoms with Gasteiger partial charge in [0.2, 0.25) is 0 Å². The minimum atomic E-state index is -0.143. The molecule has 3 rings (SSSR count). The summed E-state index contributed by atoms with van der Waals surface area (Å²) in [5.41, 5.74) is 2.69. The molecule has 0 bridgehead atoms. The van der Waals surface area contributed by atoms with Gasteiger partial charge < -0.3 is 5.11 Å². The smallest absolute Gasteiger partial charge is 0.0583 e. The molecule has 1 aliphatic rings. The summed E-state index contributed by atoms with van der Waals surface area (Å²) in [4.78, 5) is 0. The molecule has 18 heavy (non-hydrogen) atoms. The van der Waals surface area contributed by atoms with Crippen LogP contribution in [0.15, 0.2) is 60.7 Å². The molecule has 1 aliphatic carbocycles. The zero-order valence-electron chi connectivity index (χ0n) is 10.4. The van der Waals surface area contributed by atoms with Crippen LogP contribution in [0.4, 0.5) is 0 Å². The van der Waals surface area contributed by atoms with Gasteiger partial charge in [-0.15, -0.1) is 0 Å². The molecule has 92 valence electrons. The highest BCUT2D eigenvalue weighted by Gasteiger charge is 2.40. The number of hydrogen-bond acceptors (Lipinski definition) is 1. The number of hydrogen-bond donors (Lipinski definition) is 1. The Hall–Kier alpha value is -1.60. The van der Waals surface area contributed by atoms with Gasteiger partial charge in [0.1, 0.15) is 0 Å². The first kappa shape index (κ1) is 11.5. The van der Waals surface area contributed by atoms with E-state index >= 15 is 0 Å². The molecule has 0 saturated heterocycles. The Morgan fingerprint density at radius 2 is 1.50 bits per heavy atom. The first-order chi connectivity index (χ1) is 8.84. The van der Waals surface area contributed by atoms with Gasteiger partial charge in [0.05, 0.1) is 6.10 Å². The number of rotatable bonds is 3. The molecule has 0 amide bonds. The summed E-state index contributed by atoms with van der Waals surface area (Å²) in [5.74, 6) is 0.885. The second-order valence-corrected chi connectivity index (χ2v) is 5.17. The van der Waals surface area contributed by atoms with Crippen LogP contribution < -0.4 is 0 Å². The van der Waals surface area contributed by atoms with E-state index in [1.165, 1.54) is 11.1 Å². The van der Waals surface area contributed by atoms with Gasteiger partial charge in [-0.3, -0.25) is 0 Å². The maximum Gasteiger partial charge on any atom is 0.0583 e. The molecule has 0 heterocycles. The third-order valence-corrected chi connectivity index (χ3v) is 4.05. The van der Waals surface area contributed by atoms with Gasteiger partial charge in [-0.25, -0.2) is 0 Å². The Morgan fingerprint density at radius 1 is 0.889 bits per heavy atom. The predicted molar refractivity (Wildman–Crippen MR) is 73.4 cm³/mol. The van der Waals surface area contributed by atoms with Crippen molar-refractivity contribution < 1.29 is 5.11 Å². The largest absolute Gasteiger partial charge is 0.393 e. The topological polar surface area (TPSA) is 20.2 Å². The SMILES string of the molecule is OC1CC(c2ccccc2)C1Cc1ccccc1. The van der Waals surface area contributed by atoms with Crippen molar-refractivity contribution in [3.05, 3.63) is 71.8 Å². The molecule has 2 aromatic rings. The molecule has 0 aromatic heterocycles. The van der Waals surface area contributed by atoms with Crippen molar-refractivity contribution in [2.45, 2.75) is 24.9 Å². The Labute approximate surface area is 108 Å². The van der Waals surface area contributed by atoms with Gasteiger partial charge in [-0.2, -0.15) is 0 Å². The van der Waals surface area contributed by atoms with Crippen molar-refractivity contribution in [2.24, 2.45) is 5.92 Å². The van der Waals surface area contributed by atoms with Crippen molar-refractivity contribution >= 4 is 0 Å². The average molecular weight is 238 g/mol. The van der Waals surface area contributed by atoms with E-state index in [0.717, 1.165) is 12.8 Å². The van der Waals surface area contributed by atoms with Crippen molar-refractivity contribution in [3.63, 3.8) is 0 Å². The summed E-state index contributed by atoms with van der Waals surface area (Å²) >= 11 is 0. The van der Waals surface area contributed by atoms with E-state index < -0.39 is 0 Å². The normalized spacial score (nSPS) is 26.6. The second kappa shape index (κ2) is 4.95. The molecule has 2 aromatic carbocycles.